The molecule has 0 aliphatic rings. The van der Waals surface area contributed by atoms with Crippen molar-refractivity contribution >= 4 is 40.7 Å². The first kappa shape index (κ1) is 14.2. The zero-order valence-electron chi connectivity index (χ0n) is 9.84. The number of halogens is 1. The van der Waals surface area contributed by atoms with Crippen LogP contribution in [0.4, 0.5) is 0 Å². The molecule has 0 fully saturated rings. The summed E-state index contributed by atoms with van der Waals surface area (Å²) < 4.78 is 5.54. The van der Waals surface area contributed by atoms with Crippen LogP contribution in [0, 0.1) is 0 Å². The van der Waals surface area contributed by atoms with Gasteiger partial charge in [-0.25, -0.2) is 4.79 Å². The van der Waals surface area contributed by atoms with E-state index in [0.717, 1.165) is 16.4 Å². The third-order valence-electron chi connectivity index (χ3n) is 2.20. The lowest BCUT2D eigenvalue weighted by atomic mass is 10.3. The number of thioether (sulfide) groups is 1. The van der Waals surface area contributed by atoms with Gasteiger partial charge in [0.2, 0.25) is 0 Å². The molecule has 0 amide bonds. The smallest absolute Gasteiger partial charge is 0.345 e. The van der Waals surface area contributed by atoms with E-state index < -0.39 is 5.97 Å². The molecule has 0 unspecified atom stereocenters. The standard InChI is InChI=1S/C13H11ClO3S2/c14-9-2-1-3-10(6-9)17-4-5-18-11-7-12(13(15)16)19-8-11/h1-3,6-8H,4-5H2,(H,15,16). The minimum Gasteiger partial charge on any atom is -0.493 e. The van der Waals surface area contributed by atoms with E-state index in [2.05, 4.69) is 0 Å². The Kier molecular flexibility index (Phi) is 5.13. The number of carbonyl (C=O) groups is 1. The van der Waals surface area contributed by atoms with Gasteiger partial charge in [0.15, 0.2) is 0 Å². The van der Waals surface area contributed by atoms with Gasteiger partial charge in [-0.2, -0.15) is 0 Å². The zero-order chi connectivity index (χ0) is 13.7. The summed E-state index contributed by atoms with van der Waals surface area (Å²) in [5.74, 6) is 0.610. The molecule has 0 bridgehead atoms. The van der Waals surface area contributed by atoms with Gasteiger partial charge in [0, 0.05) is 21.1 Å². The second-order valence-corrected chi connectivity index (χ2v) is 6.12. The van der Waals surface area contributed by atoms with Crippen LogP contribution in [0.2, 0.25) is 5.02 Å². The number of aromatic carboxylic acids is 1. The Morgan fingerprint density at radius 2 is 2.26 bits per heavy atom. The predicted octanol–water partition coefficient (Wildman–Crippen LogP) is 4.27. The molecule has 19 heavy (non-hydrogen) atoms. The van der Waals surface area contributed by atoms with E-state index in [9.17, 15) is 4.79 Å². The van der Waals surface area contributed by atoms with Gasteiger partial charge in [0.1, 0.15) is 10.6 Å². The number of benzene rings is 1. The second kappa shape index (κ2) is 6.84. The molecular weight excluding hydrogens is 304 g/mol. The highest BCUT2D eigenvalue weighted by Crippen LogP contribution is 2.25. The van der Waals surface area contributed by atoms with E-state index in [1.165, 1.54) is 11.3 Å². The van der Waals surface area contributed by atoms with Gasteiger partial charge >= 0.3 is 5.97 Å². The summed E-state index contributed by atoms with van der Waals surface area (Å²) in [5, 5.41) is 11.3. The van der Waals surface area contributed by atoms with E-state index in [0.29, 0.717) is 16.5 Å². The molecule has 0 saturated heterocycles. The summed E-state index contributed by atoms with van der Waals surface area (Å²) in [4.78, 5) is 12.0. The van der Waals surface area contributed by atoms with Crippen molar-refractivity contribution in [1.82, 2.24) is 0 Å². The highest BCUT2D eigenvalue weighted by Gasteiger charge is 2.06. The van der Waals surface area contributed by atoms with Crippen molar-refractivity contribution in [3.05, 3.63) is 45.6 Å². The van der Waals surface area contributed by atoms with Crippen LogP contribution < -0.4 is 4.74 Å². The average Bonchev–Trinajstić information content (AvgIpc) is 2.84. The fourth-order valence-electron chi connectivity index (χ4n) is 1.38. The Bertz CT molecular complexity index is 569. The molecule has 3 nitrogen and oxygen atoms in total. The summed E-state index contributed by atoms with van der Waals surface area (Å²) in [7, 11) is 0. The van der Waals surface area contributed by atoms with Crippen molar-refractivity contribution in [3.8, 4) is 5.75 Å². The highest BCUT2D eigenvalue weighted by molar-refractivity contribution is 7.99. The fourth-order valence-corrected chi connectivity index (χ4v) is 3.26. The molecule has 1 heterocycles. The maximum Gasteiger partial charge on any atom is 0.345 e. The monoisotopic (exact) mass is 314 g/mol. The number of carboxylic acids is 1. The number of carboxylic acid groups (broad SMARTS) is 1. The molecule has 0 radical (unpaired) electrons. The van der Waals surface area contributed by atoms with Gasteiger partial charge in [-0.1, -0.05) is 17.7 Å². The first-order valence-corrected chi connectivity index (χ1v) is 7.72. The topological polar surface area (TPSA) is 46.5 Å². The number of thiophene rings is 1. The van der Waals surface area contributed by atoms with Crippen molar-refractivity contribution in [1.29, 1.82) is 0 Å². The van der Waals surface area contributed by atoms with Crippen LogP contribution >= 0.6 is 34.7 Å². The van der Waals surface area contributed by atoms with Gasteiger partial charge in [-0.05, 0) is 24.3 Å². The molecule has 100 valence electrons. The normalized spacial score (nSPS) is 10.4. The van der Waals surface area contributed by atoms with Crippen LogP contribution in [0.5, 0.6) is 5.75 Å². The van der Waals surface area contributed by atoms with Gasteiger partial charge in [-0.15, -0.1) is 23.1 Å². The molecule has 0 saturated carbocycles. The molecule has 1 aromatic carbocycles. The molecular formula is C13H11ClO3S2. The van der Waals surface area contributed by atoms with Crippen LogP contribution in [0.1, 0.15) is 9.67 Å². The van der Waals surface area contributed by atoms with Crippen molar-refractivity contribution < 1.29 is 14.6 Å². The number of ether oxygens (including phenoxy) is 1. The van der Waals surface area contributed by atoms with Crippen molar-refractivity contribution in [3.63, 3.8) is 0 Å². The Morgan fingerprint density at radius 1 is 1.42 bits per heavy atom. The van der Waals surface area contributed by atoms with E-state index >= 15 is 0 Å². The van der Waals surface area contributed by atoms with E-state index in [1.54, 1.807) is 30.0 Å². The van der Waals surface area contributed by atoms with Crippen molar-refractivity contribution in [2.45, 2.75) is 4.90 Å². The van der Waals surface area contributed by atoms with E-state index in [-0.39, 0.29) is 0 Å². The highest BCUT2D eigenvalue weighted by atomic mass is 35.5. The zero-order valence-corrected chi connectivity index (χ0v) is 12.2. The molecule has 1 N–H and O–H groups in total. The first-order chi connectivity index (χ1) is 9.15. The number of rotatable bonds is 6. The van der Waals surface area contributed by atoms with E-state index in [4.69, 9.17) is 21.4 Å². The minimum absolute atomic E-state index is 0.359. The van der Waals surface area contributed by atoms with Crippen LogP contribution in [-0.4, -0.2) is 23.4 Å². The van der Waals surface area contributed by atoms with E-state index in [1.807, 2.05) is 17.5 Å². The number of hydrogen-bond acceptors (Lipinski definition) is 4. The Labute approximate surface area is 124 Å². The molecule has 0 aliphatic heterocycles. The Hall–Kier alpha value is -1.17. The van der Waals surface area contributed by atoms with Crippen molar-refractivity contribution in [2.24, 2.45) is 0 Å². The summed E-state index contributed by atoms with van der Waals surface area (Å²) in [6.07, 6.45) is 0. The average molecular weight is 315 g/mol. The van der Waals surface area contributed by atoms with Gasteiger partial charge in [0.25, 0.3) is 0 Å². The molecule has 1 aromatic heterocycles. The van der Waals surface area contributed by atoms with Gasteiger partial charge in [0.05, 0.1) is 6.61 Å². The SMILES string of the molecule is O=C(O)c1cc(SCCOc2cccc(Cl)c2)cs1. The van der Waals surface area contributed by atoms with Crippen molar-refractivity contribution in [2.75, 3.05) is 12.4 Å². The minimum atomic E-state index is -0.882. The summed E-state index contributed by atoms with van der Waals surface area (Å²) in [6, 6.07) is 8.92. The van der Waals surface area contributed by atoms with Crippen LogP contribution in [0.15, 0.2) is 40.6 Å². The lowest BCUT2D eigenvalue weighted by Crippen LogP contribution is -1.99. The molecule has 2 aromatic rings. The predicted molar refractivity (Wildman–Crippen MR) is 78.9 cm³/mol. The fraction of sp³-hybridized carbons (Fsp3) is 0.154. The molecule has 0 atom stereocenters. The molecule has 0 spiro atoms. The van der Waals surface area contributed by atoms with Crippen LogP contribution in [0.3, 0.4) is 0 Å². The van der Waals surface area contributed by atoms with Gasteiger partial charge < -0.3 is 9.84 Å². The maximum atomic E-state index is 10.7. The van der Waals surface area contributed by atoms with Gasteiger partial charge in [-0.3, -0.25) is 0 Å². The van der Waals surface area contributed by atoms with Crippen LogP contribution in [-0.2, 0) is 0 Å². The second-order valence-electron chi connectivity index (χ2n) is 3.61. The quantitative estimate of drug-likeness (QED) is 0.639. The first-order valence-electron chi connectivity index (χ1n) is 5.48. The largest absolute Gasteiger partial charge is 0.493 e. The summed E-state index contributed by atoms with van der Waals surface area (Å²) in [5.41, 5.74) is 0. The molecule has 0 aliphatic carbocycles. The molecule has 6 heteroatoms. The maximum absolute atomic E-state index is 10.7. The lowest BCUT2D eigenvalue weighted by Gasteiger charge is -2.05. The Morgan fingerprint density at radius 3 is 2.95 bits per heavy atom. The summed E-state index contributed by atoms with van der Waals surface area (Å²) in [6.45, 7) is 0.545. The molecule has 2 rings (SSSR count). The third kappa shape index (κ3) is 4.45. The lowest BCUT2D eigenvalue weighted by molar-refractivity contribution is 0.0702. The number of hydrogen-bond donors (Lipinski definition) is 1. The van der Waals surface area contributed by atoms with Crippen LogP contribution in [0.25, 0.3) is 0 Å². The third-order valence-corrected chi connectivity index (χ3v) is 4.45. The Balaban J connectivity index is 1.76. The summed E-state index contributed by atoms with van der Waals surface area (Å²) >= 11 is 8.65.